The van der Waals surface area contributed by atoms with E-state index in [-0.39, 0.29) is 23.7 Å². The van der Waals surface area contributed by atoms with Crippen LogP contribution in [0.5, 0.6) is 0 Å². The zero-order valence-corrected chi connectivity index (χ0v) is 14.9. The van der Waals surface area contributed by atoms with Gasteiger partial charge in [-0.3, -0.25) is 9.69 Å². The summed E-state index contributed by atoms with van der Waals surface area (Å²) in [6.45, 7) is 6.90. The Morgan fingerprint density at radius 2 is 2.24 bits per heavy atom. The van der Waals surface area contributed by atoms with E-state index in [0.717, 1.165) is 19.5 Å². The number of aromatic amines is 1. The first-order chi connectivity index (χ1) is 12.1. The van der Waals surface area contributed by atoms with Gasteiger partial charge >= 0.3 is 0 Å². The van der Waals surface area contributed by atoms with Crippen molar-refractivity contribution in [2.45, 2.75) is 51.0 Å². The maximum atomic E-state index is 12.8. The van der Waals surface area contributed by atoms with Gasteiger partial charge in [-0.2, -0.15) is 0 Å². The maximum Gasteiger partial charge on any atom is 0.226 e. The predicted octanol–water partition coefficient (Wildman–Crippen LogP) is 2.73. The average Bonchev–Trinajstić information content (AvgIpc) is 3.31. The number of nitrogens with zero attached hydrogens (tertiary/aromatic N) is 2. The molecular weight excluding hydrogens is 314 g/mol. The first-order valence-corrected chi connectivity index (χ1v) is 9.35. The first kappa shape index (κ1) is 15.4. The third-order valence-corrected chi connectivity index (χ3v) is 6.42. The zero-order valence-electron chi connectivity index (χ0n) is 14.9. The lowest BCUT2D eigenvalue weighted by Gasteiger charge is -2.34. The highest BCUT2D eigenvalue weighted by Gasteiger charge is 2.64. The van der Waals surface area contributed by atoms with Crippen molar-refractivity contribution in [3.05, 3.63) is 36.0 Å². The normalized spacial score (nSPS) is 32.1. The van der Waals surface area contributed by atoms with E-state index in [1.165, 1.54) is 16.5 Å². The number of hydrogen-bond donors (Lipinski definition) is 1. The molecule has 1 N–H and O–H groups in total. The van der Waals surface area contributed by atoms with E-state index >= 15 is 0 Å². The number of rotatable bonds is 3. The highest BCUT2D eigenvalue weighted by Crippen LogP contribution is 2.49. The minimum atomic E-state index is -0.379. The molecule has 132 valence electrons. The number of aromatic nitrogens is 1. The Labute approximate surface area is 147 Å². The SMILES string of the molecule is CC(C)[C@@H]1CO[C@@]23CCN(Cc4cccc5cc[nH]c45)[C@@H]2CC(=O)N13. The van der Waals surface area contributed by atoms with Crippen LogP contribution in [0.4, 0.5) is 0 Å². The fraction of sp³-hybridized carbons (Fsp3) is 0.550. The quantitative estimate of drug-likeness (QED) is 0.935. The third-order valence-electron chi connectivity index (χ3n) is 6.42. The highest BCUT2D eigenvalue weighted by atomic mass is 16.5. The van der Waals surface area contributed by atoms with Gasteiger partial charge in [0, 0.05) is 37.6 Å². The first-order valence-electron chi connectivity index (χ1n) is 9.35. The van der Waals surface area contributed by atoms with Gasteiger partial charge in [-0.1, -0.05) is 32.0 Å². The lowest BCUT2D eigenvalue weighted by atomic mass is 10.0. The number of ether oxygens (including phenoxy) is 1. The smallest absolute Gasteiger partial charge is 0.226 e. The molecule has 0 saturated carbocycles. The van der Waals surface area contributed by atoms with Gasteiger partial charge in [0.1, 0.15) is 0 Å². The minimum Gasteiger partial charge on any atom is -0.361 e. The molecule has 3 aliphatic heterocycles. The van der Waals surface area contributed by atoms with E-state index < -0.39 is 0 Å². The number of amides is 1. The largest absolute Gasteiger partial charge is 0.361 e. The van der Waals surface area contributed by atoms with Crippen LogP contribution in [0.25, 0.3) is 10.9 Å². The van der Waals surface area contributed by atoms with Crippen LogP contribution in [0, 0.1) is 5.92 Å². The Morgan fingerprint density at radius 1 is 1.36 bits per heavy atom. The van der Waals surface area contributed by atoms with Crippen molar-refractivity contribution in [3.63, 3.8) is 0 Å². The Morgan fingerprint density at radius 3 is 3.08 bits per heavy atom. The molecule has 1 aromatic carbocycles. The van der Waals surface area contributed by atoms with Crippen molar-refractivity contribution >= 4 is 16.8 Å². The molecule has 5 rings (SSSR count). The summed E-state index contributed by atoms with van der Waals surface area (Å²) in [5.74, 6) is 0.702. The van der Waals surface area contributed by atoms with Crippen molar-refractivity contribution in [2.75, 3.05) is 13.2 Å². The number of carbonyl (C=O) groups is 1. The van der Waals surface area contributed by atoms with Crippen LogP contribution in [-0.4, -0.2) is 51.7 Å². The van der Waals surface area contributed by atoms with Gasteiger partial charge in [-0.25, -0.2) is 0 Å². The van der Waals surface area contributed by atoms with Crippen LogP contribution in [-0.2, 0) is 16.1 Å². The van der Waals surface area contributed by atoms with Gasteiger partial charge in [0.15, 0.2) is 5.72 Å². The summed E-state index contributed by atoms with van der Waals surface area (Å²) >= 11 is 0. The number of nitrogens with one attached hydrogen (secondary N) is 1. The molecule has 2 aromatic rings. The Hall–Kier alpha value is -1.85. The fourth-order valence-corrected chi connectivity index (χ4v) is 5.14. The summed E-state index contributed by atoms with van der Waals surface area (Å²) in [5.41, 5.74) is 2.12. The van der Waals surface area contributed by atoms with Crippen LogP contribution in [0.3, 0.4) is 0 Å². The van der Waals surface area contributed by atoms with Gasteiger partial charge in [0.25, 0.3) is 0 Å². The average molecular weight is 339 g/mol. The number of benzene rings is 1. The number of para-hydroxylation sites is 1. The molecule has 0 radical (unpaired) electrons. The van der Waals surface area contributed by atoms with E-state index in [1.54, 1.807) is 0 Å². The highest BCUT2D eigenvalue weighted by molar-refractivity contribution is 5.83. The van der Waals surface area contributed by atoms with Crippen molar-refractivity contribution in [1.29, 1.82) is 0 Å². The van der Waals surface area contributed by atoms with E-state index in [4.69, 9.17) is 4.74 Å². The van der Waals surface area contributed by atoms with Gasteiger partial charge in [0.2, 0.25) is 5.91 Å². The summed E-state index contributed by atoms with van der Waals surface area (Å²) in [5, 5.41) is 1.24. The Kier molecular flexibility index (Phi) is 3.28. The number of hydrogen-bond acceptors (Lipinski definition) is 3. The van der Waals surface area contributed by atoms with E-state index in [1.807, 2.05) is 6.20 Å². The number of carbonyl (C=O) groups excluding carboxylic acids is 1. The second-order valence-electron chi connectivity index (χ2n) is 8.03. The molecule has 3 saturated heterocycles. The summed E-state index contributed by atoms with van der Waals surface area (Å²) < 4.78 is 6.33. The topological polar surface area (TPSA) is 48.6 Å². The van der Waals surface area contributed by atoms with E-state index in [2.05, 4.69) is 52.9 Å². The van der Waals surface area contributed by atoms with Crippen LogP contribution in [0.1, 0.15) is 32.3 Å². The maximum absolute atomic E-state index is 12.8. The zero-order chi connectivity index (χ0) is 17.2. The van der Waals surface area contributed by atoms with Crippen LogP contribution < -0.4 is 0 Å². The molecule has 1 aromatic heterocycles. The minimum absolute atomic E-state index is 0.175. The Balaban J connectivity index is 1.45. The van der Waals surface area contributed by atoms with E-state index in [9.17, 15) is 4.79 Å². The van der Waals surface area contributed by atoms with Gasteiger partial charge in [-0.15, -0.1) is 0 Å². The number of H-pyrrole nitrogens is 1. The molecule has 0 unspecified atom stereocenters. The lowest BCUT2D eigenvalue weighted by molar-refractivity contribution is -0.139. The molecule has 3 atom stereocenters. The van der Waals surface area contributed by atoms with Gasteiger partial charge < -0.3 is 14.6 Å². The van der Waals surface area contributed by atoms with Crippen molar-refractivity contribution in [3.8, 4) is 0 Å². The summed E-state index contributed by atoms with van der Waals surface area (Å²) in [6.07, 6.45) is 3.50. The van der Waals surface area contributed by atoms with Crippen LogP contribution in [0.15, 0.2) is 30.5 Å². The molecule has 4 heterocycles. The monoisotopic (exact) mass is 339 g/mol. The van der Waals surface area contributed by atoms with E-state index in [0.29, 0.717) is 18.9 Å². The molecule has 25 heavy (non-hydrogen) atoms. The molecule has 0 bridgehead atoms. The molecule has 1 amide bonds. The van der Waals surface area contributed by atoms with Crippen LogP contribution >= 0.6 is 0 Å². The molecule has 5 nitrogen and oxygen atoms in total. The molecule has 5 heteroatoms. The van der Waals surface area contributed by atoms with Crippen molar-refractivity contribution in [2.24, 2.45) is 5.92 Å². The molecular formula is C20H25N3O2. The molecule has 1 spiro atoms. The summed E-state index contributed by atoms with van der Waals surface area (Å²) in [6, 6.07) is 8.95. The lowest BCUT2D eigenvalue weighted by Crippen LogP contribution is -2.50. The Bertz CT molecular complexity index is 829. The fourth-order valence-electron chi connectivity index (χ4n) is 5.14. The van der Waals surface area contributed by atoms with Gasteiger partial charge in [0.05, 0.1) is 18.7 Å². The summed E-state index contributed by atoms with van der Waals surface area (Å²) in [4.78, 5) is 20.7. The second kappa shape index (κ2) is 5.32. The third kappa shape index (κ3) is 2.06. The summed E-state index contributed by atoms with van der Waals surface area (Å²) in [7, 11) is 0. The number of fused-ring (bicyclic) bond motifs is 1. The van der Waals surface area contributed by atoms with Crippen molar-refractivity contribution in [1.82, 2.24) is 14.8 Å². The van der Waals surface area contributed by atoms with Gasteiger partial charge in [-0.05, 0) is 22.9 Å². The predicted molar refractivity (Wildman–Crippen MR) is 95.9 cm³/mol. The molecule has 3 aliphatic rings. The standard InChI is InChI=1S/C20H25N3O2/c1-13(2)16-12-25-20-7-9-22(17(20)10-18(24)23(16)20)11-15-5-3-4-14-6-8-21-19(14)15/h3-6,8,13,16-17,21H,7,9-12H2,1-2H3/t16-,17+,20-/m0/s1. The molecule has 3 fully saturated rings. The number of likely N-dealkylation sites (tertiary alicyclic amines) is 1. The van der Waals surface area contributed by atoms with Crippen molar-refractivity contribution < 1.29 is 9.53 Å². The molecule has 0 aliphatic carbocycles. The second-order valence-corrected chi connectivity index (χ2v) is 8.03. The van der Waals surface area contributed by atoms with Crippen LogP contribution in [0.2, 0.25) is 0 Å².